The second kappa shape index (κ2) is 14.9. The van der Waals surface area contributed by atoms with Crippen LogP contribution in [0.2, 0.25) is 0 Å². The van der Waals surface area contributed by atoms with Crippen molar-refractivity contribution in [2.75, 3.05) is 13.2 Å². The maximum absolute atomic E-state index is 12.0. The van der Waals surface area contributed by atoms with Crippen LogP contribution in [0.4, 0.5) is 0 Å². The lowest BCUT2D eigenvalue weighted by molar-refractivity contribution is -0.136. The molecular formula is C33H39NO5. The molecule has 0 aliphatic carbocycles. The summed E-state index contributed by atoms with van der Waals surface area (Å²) in [5.41, 5.74) is 7.08. The molecule has 0 spiro atoms. The van der Waals surface area contributed by atoms with Gasteiger partial charge in [0.05, 0.1) is 13.0 Å². The third-order valence-corrected chi connectivity index (χ3v) is 6.81. The van der Waals surface area contributed by atoms with Gasteiger partial charge in [0, 0.05) is 17.7 Å². The molecule has 0 aliphatic heterocycles. The van der Waals surface area contributed by atoms with Crippen LogP contribution in [0.3, 0.4) is 0 Å². The molecule has 0 atom stereocenters. The van der Waals surface area contributed by atoms with Crippen LogP contribution < -0.4 is 10.1 Å². The third-order valence-electron chi connectivity index (χ3n) is 6.81. The van der Waals surface area contributed by atoms with Gasteiger partial charge in [-0.25, -0.2) is 0 Å². The van der Waals surface area contributed by atoms with Crippen molar-refractivity contribution in [3.8, 4) is 16.9 Å². The summed E-state index contributed by atoms with van der Waals surface area (Å²) in [7, 11) is 0. The highest BCUT2D eigenvalue weighted by molar-refractivity contribution is 5.95. The number of rotatable bonds is 15. The molecule has 0 heterocycles. The van der Waals surface area contributed by atoms with Crippen LogP contribution in [0.5, 0.6) is 5.75 Å². The smallest absolute Gasteiger partial charge is 0.305 e. The Morgan fingerprint density at radius 2 is 1.38 bits per heavy atom. The molecule has 3 aromatic carbocycles. The summed E-state index contributed by atoms with van der Waals surface area (Å²) in [4.78, 5) is 34.1. The van der Waals surface area contributed by atoms with E-state index in [1.807, 2.05) is 36.4 Å². The van der Waals surface area contributed by atoms with E-state index in [0.717, 1.165) is 66.5 Å². The molecule has 39 heavy (non-hydrogen) atoms. The third kappa shape index (κ3) is 9.40. The lowest BCUT2D eigenvalue weighted by Crippen LogP contribution is -2.25. The van der Waals surface area contributed by atoms with Gasteiger partial charge >= 0.3 is 5.97 Å². The minimum absolute atomic E-state index is 0.0736. The standard InChI is InChI=1S/C33H39NO5/c1-23-21-30(22-24(2)32(23)28-16-14-27(15-17-28)25(3)35)39-20-8-6-4-5-7-9-26-10-12-29(13-11-26)33(38)34-19-18-31(36)37/h10-17,21-22H,4-9,18-20H2,1-3H3,(H,34,38)(H,36,37). The number of amides is 1. The quantitative estimate of drug-likeness (QED) is 0.164. The number of hydrogen-bond acceptors (Lipinski definition) is 4. The fraction of sp³-hybridized carbons (Fsp3) is 0.364. The molecule has 3 rings (SSSR count). The van der Waals surface area contributed by atoms with Crippen molar-refractivity contribution in [1.82, 2.24) is 5.32 Å². The minimum Gasteiger partial charge on any atom is -0.494 e. The summed E-state index contributed by atoms with van der Waals surface area (Å²) in [5.74, 6) is -0.200. The lowest BCUT2D eigenvalue weighted by atomic mass is 9.94. The van der Waals surface area contributed by atoms with Crippen molar-refractivity contribution in [1.29, 1.82) is 0 Å². The fourth-order valence-electron chi connectivity index (χ4n) is 4.69. The molecule has 0 saturated carbocycles. The Labute approximate surface area is 231 Å². The van der Waals surface area contributed by atoms with E-state index in [0.29, 0.717) is 12.2 Å². The topological polar surface area (TPSA) is 92.7 Å². The van der Waals surface area contributed by atoms with E-state index < -0.39 is 5.97 Å². The first-order valence-corrected chi connectivity index (χ1v) is 13.7. The van der Waals surface area contributed by atoms with Gasteiger partial charge in [0.25, 0.3) is 5.91 Å². The molecule has 3 aromatic rings. The number of carbonyl (C=O) groups is 3. The normalized spacial score (nSPS) is 10.7. The van der Waals surface area contributed by atoms with Crippen molar-refractivity contribution in [2.24, 2.45) is 0 Å². The number of carbonyl (C=O) groups excluding carboxylic acids is 2. The van der Waals surface area contributed by atoms with Crippen LogP contribution in [0, 0.1) is 13.8 Å². The monoisotopic (exact) mass is 529 g/mol. The molecule has 0 aromatic heterocycles. The number of nitrogens with one attached hydrogen (secondary N) is 1. The number of ether oxygens (including phenoxy) is 1. The average Bonchev–Trinajstić information content (AvgIpc) is 2.90. The highest BCUT2D eigenvalue weighted by atomic mass is 16.5. The molecule has 0 unspecified atom stereocenters. The molecule has 0 radical (unpaired) electrons. The highest BCUT2D eigenvalue weighted by Crippen LogP contribution is 2.31. The zero-order chi connectivity index (χ0) is 28.2. The summed E-state index contributed by atoms with van der Waals surface area (Å²) >= 11 is 0. The van der Waals surface area contributed by atoms with Crippen LogP contribution in [0.15, 0.2) is 60.7 Å². The van der Waals surface area contributed by atoms with Gasteiger partial charge in [-0.2, -0.15) is 0 Å². The van der Waals surface area contributed by atoms with Crippen LogP contribution >= 0.6 is 0 Å². The number of carboxylic acids is 1. The zero-order valence-corrected chi connectivity index (χ0v) is 23.2. The SMILES string of the molecule is CC(=O)c1ccc(-c2c(C)cc(OCCCCCCCc3ccc(C(=O)NCCC(=O)O)cc3)cc2C)cc1. The maximum Gasteiger partial charge on any atom is 0.305 e. The molecule has 1 amide bonds. The molecule has 206 valence electrons. The number of ketones is 1. The fourth-order valence-corrected chi connectivity index (χ4v) is 4.69. The predicted octanol–water partition coefficient (Wildman–Crippen LogP) is 6.95. The van der Waals surface area contributed by atoms with E-state index in [2.05, 4.69) is 31.3 Å². The van der Waals surface area contributed by atoms with Gasteiger partial charge < -0.3 is 15.2 Å². The Morgan fingerprint density at radius 1 is 0.795 bits per heavy atom. The molecule has 0 aliphatic rings. The first-order chi connectivity index (χ1) is 18.7. The molecule has 6 nitrogen and oxygen atoms in total. The number of unbranched alkanes of at least 4 members (excludes halogenated alkanes) is 4. The summed E-state index contributed by atoms with van der Waals surface area (Å²) in [6, 6.07) is 19.5. The van der Waals surface area contributed by atoms with Gasteiger partial charge in [-0.1, -0.05) is 55.7 Å². The van der Waals surface area contributed by atoms with Gasteiger partial charge in [0.2, 0.25) is 0 Å². The molecule has 0 fully saturated rings. The Morgan fingerprint density at radius 3 is 2.00 bits per heavy atom. The summed E-state index contributed by atoms with van der Waals surface area (Å²) in [6.07, 6.45) is 6.42. The van der Waals surface area contributed by atoms with E-state index in [4.69, 9.17) is 9.84 Å². The summed E-state index contributed by atoms with van der Waals surface area (Å²) in [6.45, 7) is 6.60. The first kappa shape index (κ1) is 29.6. The van der Waals surface area contributed by atoms with Crippen molar-refractivity contribution < 1.29 is 24.2 Å². The Kier molecular flexibility index (Phi) is 11.3. The molecular weight excluding hydrogens is 490 g/mol. The Balaban J connectivity index is 1.33. The van der Waals surface area contributed by atoms with Crippen molar-refractivity contribution >= 4 is 17.7 Å². The zero-order valence-electron chi connectivity index (χ0n) is 23.2. The Hall–Kier alpha value is -3.93. The molecule has 2 N–H and O–H groups in total. The van der Waals surface area contributed by atoms with Gasteiger partial charge in [-0.3, -0.25) is 14.4 Å². The number of aryl methyl sites for hydroxylation is 3. The molecule has 0 saturated heterocycles. The van der Waals surface area contributed by atoms with Crippen molar-refractivity contribution in [3.63, 3.8) is 0 Å². The highest BCUT2D eigenvalue weighted by Gasteiger charge is 2.10. The predicted molar refractivity (Wildman–Crippen MR) is 155 cm³/mol. The van der Waals surface area contributed by atoms with Crippen LogP contribution in [0.25, 0.3) is 11.1 Å². The second-order valence-electron chi connectivity index (χ2n) is 10.0. The minimum atomic E-state index is -0.927. The number of aliphatic carboxylic acids is 1. The maximum atomic E-state index is 12.0. The summed E-state index contributed by atoms with van der Waals surface area (Å²) < 4.78 is 6.05. The lowest BCUT2D eigenvalue weighted by Gasteiger charge is -2.14. The van der Waals surface area contributed by atoms with Gasteiger partial charge in [-0.15, -0.1) is 0 Å². The van der Waals surface area contributed by atoms with Crippen LogP contribution in [-0.4, -0.2) is 35.9 Å². The summed E-state index contributed by atoms with van der Waals surface area (Å²) in [5, 5.41) is 11.3. The van der Waals surface area contributed by atoms with E-state index in [9.17, 15) is 14.4 Å². The number of Topliss-reactive ketones (excluding diaryl/α,β-unsaturated/α-hetero) is 1. The number of carboxylic acid groups (broad SMARTS) is 1. The van der Waals surface area contributed by atoms with Gasteiger partial charge in [0.15, 0.2) is 5.78 Å². The van der Waals surface area contributed by atoms with Crippen LogP contribution in [-0.2, 0) is 11.2 Å². The van der Waals surface area contributed by atoms with Gasteiger partial charge in [-0.05, 0) is 92.1 Å². The molecule has 0 bridgehead atoms. The van der Waals surface area contributed by atoms with E-state index in [-0.39, 0.29) is 24.7 Å². The van der Waals surface area contributed by atoms with E-state index in [1.54, 1.807) is 19.1 Å². The van der Waals surface area contributed by atoms with E-state index in [1.165, 1.54) is 11.1 Å². The second-order valence-corrected chi connectivity index (χ2v) is 10.0. The van der Waals surface area contributed by atoms with Crippen LogP contribution in [0.1, 0.15) is 82.9 Å². The molecule has 6 heteroatoms. The number of benzene rings is 3. The number of hydrogen-bond donors (Lipinski definition) is 2. The first-order valence-electron chi connectivity index (χ1n) is 13.7. The van der Waals surface area contributed by atoms with Crippen molar-refractivity contribution in [3.05, 3.63) is 88.5 Å². The average molecular weight is 530 g/mol. The van der Waals surface area contributed by atoms with Gasteiger partial charge in [0.1, 0.15) is 5.75 Å². The Bertz CT molecular complexity index is 1240. The largest absolute Gasteiger partial charge is 0.494 e. The van der Waals surface area contributed by atoms with E-state index >= 15 is 0 Å². The van der Waals surface area contributed by atoms with Crippen molar-refractivity contribution in [2.45, 2.75) is 65.7 Å².